The van der Waals surface area contributed by atoms with Gasteiger partial charge in [0.15, 0.2) is 5.41 Å². The number of ether oxygens (including phenoxy) is 1. The van der Waals surface area contributed by atoms with Gasteiger partial charge in [0.05, 0.1) is 6.61 Å². The Balaban J connectivity index is 1.77. The van der Waals surface area contributed by atoms with Gasteiger partial charge in [0.1, 0.15) is 5.75 Å². The van der Waals surface area contributed by atoms with E-state index in [0.717, 1.165) is 5.56 Å². The van der Waals surface area contributed by atoms with E-state index in [4.69, 9.17) is 4.74 Å². The van der Waals surface area contributed by atoms with Gasteiger partial charge in [-0.15, -0.1) is 0 Å². The maximum atomic E-state index is 14.0. The summed E-state index contributed by atoms with van der Waals surface area (Å²) < 4.78 is 47.3. The maximum absolute atomic E-state index is 14.0. The SMILES string of the molecule is CCOc1cccc(NC(=O)C2(C(F)(F)F)CCN(Cc3ccccc3)C2)c1. The minimum atomic E-state index is -4.64. The van der Waals surface area contributed by atoms with Crippen LogP contribution in [0.3, 0.4) is 0 Å². The van der Waals surface area contributed by atoms with Crippen molar-refractivity contribution in [1.82, 2.24) is 4.90 Å². The minimum Gasteiger partial charge on any atom is -0.494 e. The number of nitrogens with one attached hydrogen (secondary N) is 1. The van der Waals surface area contributed by atoms with Crippen molar-refractivity contribution in [3.05, 3.63) is 60.2 Å². The van der Waals surface area contributed by atoms with Gasteiger partial charge in [-0.2, -0.15) is 13.2 Å². The molecule has 1 N–H and O–H groups in total. The third kappa shape index (κ3) is 4.30. The number of benzene rings is 2. The molecule has 3 rings (SSSR count). The first kappa shape index (κ1) is 20.2. The summed E-state index contributed by atoms with van der Waals surface area (Å²) in [5.74, 6) is -0.525. The normalized spacial score (nSPS) is 20.1. The molecule has 2 aromatic rings. The molecule has 2 aromatic carbocycles. The molecule has 28 heavy (non-hydrogen) atoms. The Bertz CT molecular complexity index is 811. The molecule has 1 heterocycles. The average molecular weight is 392 g/mol. The molecule has 1 saturated heterocycles. The molecule has 1 aliphatic rings. The van der Waals surface area contributed by atoms with E-state index in [0.29, 0.717) is 24.6 Å². The Labute approximate surface area is 162 Å². The van der Waals surface area contributed by atoms with Gasteiger partial charge >= 0.3 is 6.18 Å². The second kappa shape index (κ2) is 8.22. The van der Waals surface area contributed by atoms with Crippen LogP contribution in [0.1, 0.15) is 18.9 Å². The first-order chi connectivity index (χ1) is 13.3. The molecule has 1 amide bonds. The summed E-state index contributed by atoms with van der Waals surface area (Å²) in [4.78, 5) is 14.4. The van der Waals surface area contributed by atoms with Crippen molar-refractivity contribution >= 4 is 11.6 Å². The third-order valence-electron chi connectivity index (χ3n) is 4.98. The van der Waals surface area contributed by atoms with Crippen LogP contribution in [-0.2, 0) is 11.3 Å². The van der Waals surface area contributed by atoms with E-state index in [9.17, 15) is 18.0 Å². The fourth-order valence-electron chi connectivity index (χ4n) is 3.49. The zero-order valence-corrected chi connectivity index (χ0v) is 15.6. The smallest absolute Gasteiger partial charge is 0.404 e. The number of halogens is 3. The molecular formula is C21H23F3N2O2. The number of hydrogen-bond donors (Lipinski definition) is 1. The summed E-state index contributed by atoms with van der Waals surface area (Å²) in [5, 5.41) is 2.45. The van der Waals surface area contributed by atoms with Crippen molar-refractivity contribution in [3.63, 3.8) is 0 Å². The van der Waals surface area contributed by atoms with Crippen molar-refractivity contribution in [3.8, 4) is 5.75 Å². The average Bonchev–Trinajstić information content (AvgIpc) is 3.08. The zero-order valence-electron chi connectivity index (χ0n) is 15.6. The predicted molar refractivity (Wildman–Crippen MR) is 101 cm³/mol. The summed E-state index contributed by atoms with van der Waals surface area (Å²) in [6.07, 6.45) is -4.90. The largest absolute Gasteiger partial charge is 0.494 e. The van der Waals surface area contributed by atoms with Crippen LogP contribution in [0.2, 0.25) is 0 Å². The Morgan fingerprint density at radius 3 is 2.61 bits per heavy atom. The highest BCUT2D eigenvalue weighted by molar-refractivity contribution is 5.96. The summed E-state index contributed by atoms with van der Waals surface area (Å²) in [6.45, 7) is 2.47. The molecule has 0 radical (unpaired) electrons. The first-order valence-corrected chi connectivity index (χ1v) is 9.21. The molecule has 1 atom stereocenters. The van der Waals surface area contributed by atoms with E-state index in [1.807, 2.05) is 37.3 Å². The highest BCUT2D eigenvalue weighted by atomic mass is 19.4. The molecular weight excluding hydrogens is 369 g/mol. The molecule has 1 aliphatic heterocycles. The van der Waals surface area contributed by atoms with Gasteiger partial charge in [0.2, 0.25) is 5.91 Å². The molecule has 0 saturated carbocycles. The van der Waals surface area contributed by atoms with Crippen molar-refractivity contribution in [2.24, 2.45) is 5.41 Å². The van der Waals surface area contributed by atoms with Crippen LogP contribution < -0.4 is 10.1 Å². The van der Waals surface area contributed by atoms with Crippen molar-refractivity contribution in [2.45, 2.75) is 26.1 Å². The molecule has 0 aliphatic carbocycles. The molecule has 0 spiro atoms. The molecule has 0 bridgehead atoms. The summed E-state index contributed by atoms with van der Waals surface area (Å²) in [6, 6.07) is 15.7. The van der Waals surface area contributed by atoms with Crippen LogP contribution in [0, 0.1) is 5.41 Å². The van der Waals surface area contributed by atoms with Gasteiger partial charge in [-0.25, -0.2) is 0 Å². The van der Waals surface area contributed by atoms with Crippen LogP contribution in [0.15, 0.2) is 54.6 Å². The van der Waals surface area contributed by atoms with E-state index in [-0.39, 0.29) is 19.5 Å². The van der Waals surface area contributed by atoms with Gasteiger partial charge in [-0.1, -0.05) is 36.4 Å². The maximum Gasteiger partial charge on any atom is 0.404 e. The summed E-state index contributed by atoms with van der Waals surface area (Å²) in [7, 11) is 0. The molecule has 150 valence electrons. The number of carbonyl (C=O) groups is 1. The second-order valence-electron chi connectivity index (χ2n) is 6.94. The number of rotatable bonds is 6. The van der Waals surface area contributed by atoms with Crippen LogP contribution in [0.4, 0.5) is 18.9 Å². The molecule has 0 aromatic heterocycles. The highest BCUT2D eigenvalue weighted by Crippen LogP contribution is 2.46. The predicted octanol–water partition coefficient (Wildman–Crippen LogP) is 4.48. The van der Waals surface area contributed by atoms with Crippen LogP contribution in [0.25, 0.3) is 0 Å². The van der Waals surface area contributed by atoms with Gasteiger partial charge in [0.25, 0.3) is 0 Å². The van der Waals surface area contributed by atoms with E-state index < -0.39 is 17.5 Å². The first-order valence-electron chi connectivity index (χ1n) is 9.21. The lowest BCUT2D eigenvalue weighted by atomic mass is 9.85. The van der Waals surface area contributed by atoms with Gasteiger partial charge in [-0.3, -0.25) is 9.69 Å². The number of carbonyl (C=O) groups excluding carboxylic acids is 1. The van der Waals surface area contributed by atoms with Gasteiger partial charge < -0.3 is 10.1 Å². The van der Waals surface area contributed by atoms with Crippen LogP contribution in [0.5, 0.6) is 5.75 Å². The van der Waals surface area contributed by atoms with Crippen molar-refractivity contribution in [1.29, 1.82) is 0 Å². The van der Waals surface area contributed by atoms with E-state index in [1.54, 1.807) is 23.1 Å². The minimum absolute atomic E-state index is 0.209. The van der Waals surface area contributed by atoms with Gasteiger partial charge in [-0.05, 0) is 37.6 Å². The van der Waals surface area contributed by atoms with E-state index >= 15 is 0 Å². The monoisotopic (exact) mass is 392 g/mol. The topological polar surface area (TPSA) is 41.6 Å². The standard InChI is InChI=1S/C21H23F3N2O2/c1-2-28-18-10-6-9-17(13-18)25-19(27)20(21(22,23)24)11-12-26(15-20)14-16-7-4-3-5-8-16/h3-10,13H,2,11-12,14-15H2,1H3,(H,25,27). The van der Waals surface area contributed by atoms with Crippen LogP contribution in [-0.4, -0.2) is 36.7 Å². The Morgan fingerprint density at radius 1 is 1.18 bits per heavy atom. The zero-order chi connectivity index (χ0) is 20.2. The van der Waals surface area contributed by atoms with E-state index in [1.165, 1.54) is 6.07 Å². The second-order valence-corrected chi connectivity index (χ2v) is 6.94. The highest BCUT2D eigenvalue weighted by Gasteiger charge is 2.62. The van der Waals surface area contributed by atoms with Crippen LogP contribution >= 0.6 is 0 Å². The molecule has 1 fully saturated rings. The van der Waals surface area contributed by atoms with Gasteiger partial charge in [0, 0.05) is 24.8 Å². The number of alkyl halides is 3. The third-order valence-corrected chi connectivity index (χ3v) is 4.98. The summed E-state index contributed by atoms with van der Waals surface area (Å²) >= 11 is 0. The Kier molecular flexibility index (Phi) is 5.93. The lowest BCUT2D eigenvalue weighted by Gasteiger charge is -2.30. The molecule has 1 unspecified atom stereocenters. The number of hydrogen-bond acceptors (Lipinski definition) is 3. The van der Waals surface area contributed by atoms with Crippen molar-refractivity contribution in [2.75, 3.05) is 25.0 Å². The number of likely N-dealkylation sites (tertiary alicyclic amines) is 1. The summed E-state index contributed by atoms with van der Waals surface area (Å²) in [5.41, 5.74) is -1.21. The fraction of sp³-hybridized carbons (Fsp3) is 0.381. The lowest BCUT2D eigenvalue weighted by Crippen LogP contribution is -2.49. The molecule has 7 heteroatoms. The number of nitrogens with zero attached hydrogens (tertiary/aromatic N) is 1. The molecule has 4 nitrogen and oxygen atoms in total. The number of anilines is 1. The number of amides is 1. The fourth-order valence-corrected chi connectivity index (χ4v) is 3.49. The van der Waals surface area contributed by atoms with E-state index in [2.05, 4.69) is 5.32 Å². The quantitative estimate of drug-likeness (QED) is 0.788. The Hall–Kier alpha value is -2.54. The van der Waals surface area contributed by atoms with Crippen molar-refractivity contribution < 1.29 is 22.7 Å². The lowest BCUT2D eigenvalue weighted by molar-refractivity contribution is -0.215. The Morgan fingerprint density at radius 2 is 1.93 bits per heavy atom.